The second kappa shape index (κ2) is 5.47. The van der Waals surface area contributed by atoms with Gasteiger partial charge in [0.1, 0.15) is 5.75 Å². The van der Waals surface area contributed by atoms with Crippen LogP contribution >= 0.6 is 15.9 Å². The summed E-state index contributed by atoms with van der Waals surface area (Å²) in [5.41, 5.74) is 1.90. The summed E-state index contributed by atoms with van der Waals surface area (Å²) in [6.45, 7) is 0. The fraction of sp³-hybridized carbons (Fsp3) is 0.647. The first kappa shape index (κ1) is 15.2. The van der Waals surface area contributed by atoms with Crippen molar-refractivity contribution in [2.24, 2.45) is 17.8 Å². The quantitative estimate of drug-likeness (QED) is 0.715. The molecule has 0 saturated heterocycles. The third-order valence-corrected chi connectivity index (χ3v) is 6.26. The molecule has 0 amide bonds. The van der Waals surface area contributed by atoms with Crippen molar-refractivity contribution in [3.05, 3.63) is 28.2 Å². The van der Waals surface area contributed by atoms with Gasteiger partial charge in [-0.15, -0.1) is 0 Å². The van der Waals surface area contributed by atoms with Gasteiger partial charge in [-0.1, -0.05) is 15.9 Å². The zero-order valence-corrected chi connectivity index (χ0v) is 15.2. The molecular weight excluding hydrogens is 324 g/mol. The van der Waals surface area contributed by atoms with Crippen molar-refractivity contribution in [1.82, 2.24) is 0 Å². The third-order valence-electron chi connectivity index (χ3n) is 5.77. The van der Waals surface area contributed by atoms with Crippen LogP contribution in [0.25, 0.3) is 0 Å². The second-order valence-electron chi connectivity index (χ2n) is 7.04. The summed E-state index contributed by atoms with van der Waals surface area (Å²) in [7, 11) is 1.81. The van der Waals surface area contributed by atoms with Gasteiger partial charge in [0.15, 0.2) is 0 Å². The van der Waals surface area contributed by atoms with Crippen molar-refractivity contribution in [2.75, 3.05) is 7.11 Å². The Morgan fingerprint density at radius 3 is 2.10 bits per heavy atom. The Kier molecular flexibility index (Phi) is 4.15. The van der Waals surface area contributed by atoms with Gasteiger partial charge < -0.3 is 4.74 Å². The molecule has 1 aromatic carbocycles. The number of rotatable bonds is 2. The molecule has 4 aliphatic rings. The minimum atomic E-state index is 0. The number of ether oxygens (including phenoxy) is 1. The minimum absolute atomic E-state index is 0. The lowest BCUT2D eigenvalue weighted by molar-refractivity contribution is -0.00618. The first-order valence-corrected chi connectivity index (χ1v) is 8.32. The standard InChI is InChI=1S/C17H21BrO.Mg/c1-19-16-3-2-14(18)7-15(16)17-8-11-4-12(9-17)6-13(5-11)10-17;/h2-3,7,11-13H,4-6,8-10H2,1H3;. The maximum absolute atomic E-state index is 5.67. The molecule has 4 fully saturated rings. The summed E-state index contributed by atoms with van der Waals surface area (Å²) < 4.78 is 6.86. The second-order valence-corrected chi connectivity index (χ2v) is 7.96. The minimum Gasteiger partial charge on any atom is -0.496 e. The molecular formula is C17H21BrMgO. The van der Waals surface area contributed by atoms with E-state index < -0.39 is 0 Å². The van der Waals surface area contributed by atoms with Crippen molar-refractivity contribution in [3.8, 4) is 5.75 Å². The summed E-state index contributed by atoms with van der Waals surface area (Å²) >= 11 is 3.65. The molecule has 0 aromatic heterocycles. The van der Waals surface area contributed by atoms with Gasteiger partial charge in [0.2, 0.25) is 0 Å². The van der Waals surface area contributed by atoms with Gasteiger partial charge in [-0.3, -0.25) is 0 Å². The van der Waals surface area contributed by atoms with Crippen LogP contribution in [0.5, 0.6) is 5.75 Å². The number of methoxy groups -OCH3 is 1. The SMILES string of the molecule is COc1ccc(Br)cc1C12CC3CC(CC(C3)C1)C2.[Mg]. The van der Waals surface area contributed by atoms with E-state index in [9.17, 15) is 0 Å². The molecule has 5 rings (SSSR count). The van der Waals surface area contributed by atoms with Crippen LogP contribution in [0.2, 0.25) is 0 Å². The monoisotopic (exact) mass is 344 g/mol. The fourth-order valence-corrected chi connectivity index (χ4v) is 5.90. The molecule has 4 bridgehead atoms. The molecule has 0 spiro atoms. The first-order chi connectivity index (χ1) is 9.18. The summed E-state index contributed by atoms with van der Waals surface area (Å²) in [5, 5.41) is 0. The van der Waals surface area contributed by atoms with Crippen LogP contribution in [0.4, 0.5) is 0 Å². The molecule has 0 heterocycles. The van der Waals surface area contributed by atoms with Gasteiger partial charge in [-0.25, -0.2) is 0 Å². The van der Waals surface area contributed by atoms with E-state index in [0.29, 0.717) is 5.41 Å². The van der Waals surface area contributed by atoms with Gasteiger partial charge in [0, 0.05) is 33.1 Å². The maximum atomic E-state index is 5.67. The molecule has 1 nitrogen and oxygen atoms in total. The van der Waals surface area contributed by atoms with Crippen LogP contribution < -0.4 is 4.74 Å². The molecule has 0 atom stereocenters. The van der Waals surface area contributed by atoms with Crippen LogP contribution in [0.15, 0.2) is 22.7 Å². The smallest absolute Gasteiger partial charge is 0.122 e. The molecule has 4 saturated carbocycles. The molecule has 1 aromatic rings. The molecule has 0 unspecified atom stereocenters. The Labute approximate surface area is 146 Å². The van der Waals surface area contributed by atoms with Gasteiger partial charge >= 0.3 is 0 Å². The summed E-state index contributed by atoms with van der Waals surface area (Å²) in [6.07, 6.45) is 8.67. The third kappa shape index (κ3) is 2.34. The van der Waals surface area contributed by atoms with Gasteiger partial charge in [0.25, 0.3) is 0 Å². The van der Waals surface area contributed by atoms with E-state index in [1.54, 1.807) is 0 Å². The zero-order chi connectivity index (χ0) is 13.0. The molecule has 2 radical (unpaired) electrons. The molecule has 0 N–H and O–H groups in total. The Bertz CT molecular complexity index is 478. The zero-order valence-electron chi connectivity index (χ0n) is 12.2. The van der Waals surface area contributed by atoms with Crippen molar-refractivity contribution in [2.45, 2.75) is 43.9 Å². The van der Waals surface area contributed by atoms with E-state index in [1.165, 1.54) is 48.6 Å². The van der Waals surface area contributed by atoms with E-state index in [1.807, 2.05) is 7.11 Å². The highest BCUT2D eigenvalue weighted by atomic mass is 79.9. The Hall–Kier alpha value is 0.266. The van der Waals surface area contributed by atoms with Crippen molar-refractivity contribution >= 4 is 39.0 Å². The number of benzene rings is 1. The van der Waals surface area contributed by atoms with E-state index in [0.717, 1.165) is 23.5 Å². The fourth-order valence-electron chi connectivity index (χ4n) is 5.54. The van der Waals surface area contributed by atoms with E-state index in [2.05, 4.69) is 34.1 Å². The molecule has 0 aliphatic heterocycles. The average Bonchev–Trinajstić information content (AvgIpc) is 2.37. The summed E-state index contributed by atoms with van der Waals surface area (Å²) in [5.74, 6) is 4.05. The lowest BCUT2D eigenvalue weighted by Gasteiger charge is -2.57. The van der Waals surface area contributed by atoms with Crippen LogP contribution in [0, 0.1) is 17.8 Å². The molecule has 3 heteroatoms. The first-order valence-electron chi connectivity index (χ1n) is 7.52. The van der Waals surface area contributed by atoms with Gasteiger partial charge in [0.05, 0.1) is 7.11 Å². The van der Waals surface area contributed by atoms with Crippen molar-refractivity contribution < 1.29 is 4.74 Å². The van der Waals surface area contributed by atoms with Crippen LogP contribution in [-0.2, 0) is 5.41 Å². The van der Waals surface area contributed by atoms with Crippen molar-refractivity contribution in [1.29, 1.82) is 0 Å². The highest BCUT2D eigenvalue weighted by Gasteiger charge is 2.52. The Balaban J connectivity index is 0.00000121. The highest BCUT2D eigenvalue weighted by molar-refractivity contribution is 9.10. The van der Waals surface area contributed by atoms with E-state index in [-0.39, 0.29) is 23.1 Å². The van der Waals surface area contributed by atoms with E-state index >= 15 is 0 Å². The predicted octanol–water partition coefficient (Wildman–Crippen LogP) is 4.54. The van der Waals surface area contributed by atoms with Crippen LogP contribution in [0.1, 0.15) is 44.1 Å². The van der Waals surface area contributed by atoms with Crippen LogP contribution in [0.3, 0.4) is 0 Å². The average molecular weight is 346 g/mol. The Morgan fingerprint density at radius 1 is 1.05 bits per heavy atom. The molecule has 104 valence electrons. The largest absolute Gasteiger partial charge is 0.496 e. The predicted molar refractivity (Wildman–Crippen MR) is 86.3 cm³/mol. The molecule has 4 aliphatic carbocycles. The summed E-state index contributed by atoms with van der Waals surface area (Å²) in [4.78, 5) is 0. The van der Waals surface area contributed by atoms with Gasteiger partial charge in [-0.05, 0) is 79.9 Å². The normalized spacial score (nSPS) is 37.6. The van der Waals surface area contributed by atoms with E-state index in [4.69, 9.17) is 4.74 Å². The Morgan fingerprint density at radius 2 is 1.60 bits per heavy atom. The lowest BCUT2D eigenvalue weighted by Crippen LogP contribution is -2.48. The number of halogens is 1. The number of hydrogen-bond acceptors (Lipinski definition) is 1. The lowest BCUT2D eigenvalue weighted by atomic mass is 9.48. The number of hydrogen-bond donors (Lipinski definition) is 0. The topological polar surface area (TPSA) is 9.23 Å². The van der Waals surface area contributed by atoms with Gasteiger partial charge in [-0.2, -0.15) is 0 Å². The summed E-state index contributed by atoms with van der Waals surface area (Å²) in [6, 6.07) is 6.56. The maximum Gasteiger partial charge on any atom is 0.122 e. The van der Waals surface area contributed by atoms with Crippen LogP contribution in [-0.4, -0.2) is 30.2 Å². The highest BCUT2D eigenvalue weighted by Crippen LogP contribution is 2.62. The molecule has 20 heavy (non-hydrogen) atoms. The van der Waals surface area contributed by atoms with Crippen molar-refractivity contribution in [3.63, 3.8) is 0 Å².